The van der Waals surface area contributed by atoms with Crippen LogP contribution in [0.2, 0.25) is 0 Å². The predicted octanol–water partition coefficient (Wildman–Crippen LogP) is 1.45. The second-order valence-electron chi connectivity index (χ2n) is 7.80. The van der Waals surface area contributed by atoms with Crippen LogP contribution in [0.15, 0.2) is 28.8 Å². The molecule has 0 bridgehead atoms. The molecule has 0 unspecified atom stereocenters. The number of amides is 2. The van der Waals surface area contributed by atoms with Crippen molar-refractivity contribution in [2.24, 2.45) is 0 Å². The minimum atomic E-state index is -1.52. The first-order chi connectivity index (χ1) is 16.2. The SMILES string of the molecule is Cc1cc([C@](C)(O)C#Cc2ccc3c(c2)N(C)C(=O)[C@@H](NC(=O)c2n[nH]c(CI)n2)CO3)no1. The largest absolute Gasteiger partial charge is 0.489 e. The lowest BCUT2D eigenvalue weighted by molar-refractivity contribution is -0.120. The quantitative estimate of drug-likeness (QED) is 0.240. The van der Waals surface area contributed by atoms with Gasteiger partial charge in [-0.1, -0.05) is 39.6 Å². The van der Waals surface area contributed by atoms with E-state index in [1.54, 1.807) is 38.2 Å². The van der Waals surface area contributed by atoms with Crippen LogP contribution in [0.25, 0.3) is 0 Å². The van der Waals surface area contributed by atoms with Gasteiger partial charge in [-0.3, -0.25) is 14.7 Å². The fourth-order valence-corrected chi connectivity index (χ4v) is 3.55. The van der Waals surface area contributed by atoms with Crippen LogP contribution in [0.3, 0.4) is 0 Å². The number of aromatic nitrogens is 4. The van der Waals surface area contributed by atoms with Crippen LogP contribution in [0.4, 0.5) is 5.69 Å². The molecule has 0 saturated carbocycles. The molecule has 11 nitrogen and oxygen atoms in total. The Morgan fingerprint density at radius 3 is 2.91 bits per heavy atom. The highest BCUT2D eigenvalue weighted by Gasteiger charge is 2.32. The van der Waals surface area contributed by atoms with Crippen LogP contribution in [0.1, 0.15) is 40.4 Å². The lowest BCUT2D eigenvalue weighted by atomic mass is 10.0. The summed E-state index contributed by atoms with van der Waals surface area (Å²) >= 11 is 2.10. The van der Waals surface area contributed by atoms with E-state index in [4.69, 9.17) is 9.26 Å². The number of hydrogen-bond donors (Lipinski definition) is 3. The molecule has 176 valence electrons. The molecule has 2 aromatic heterocycles. The van der Waals surface area contributed by atoms with Gasteiger partial charge in [0.25, 0.3) is 11.8 Å². The third kappa shape index (κ3) is 4.90. The van der Waals surface area contributed by atoms with E-state index >= 15 is 0 Å². The number of aromatic amines is 1. The zero-order chi connectivity index (χ0) is 24.5. The summed E-state index contributed by atoms with van der Waals surface area (Å²) in [4.78, 5) is 31.0. The van der Waals surface area contributed by atoms with E-state index in [2.05, 4.69) is 60.1 Å². The van der Waals surface area contributed by atoms with E-state index < -0.39 is 17.6 Å². The summed E-state index contributed by atoms with van der Waals surface area (Å²) in [6.45, 7) is 3.18. The third-order valence-corrected chi connectivity index (χ3v) is 5.82. The van der Waals surface area contributed by atoms with Gasteiger partial charge in [0, 0.05) is 18.7 Å². The Morgan fingerprint density at radius 2 is 2.24 bits per heavy atom. The lowest BCUT2D eigenvalue weighted by Gasteiger charge is -2.20. The third-order valence-electron chi connectivity index (χ3n) is 5.10. The molecule has 3 N–H and O–H groups in total. The Hall–Kier alpha value is -3.44. The number of aliphatic hydroxyl groups is 1. The Kier molecular flexibility index (Phi) is 6.58. The fraction of sp³-hybridized carbons (Fsp3) is 0.318. The number of anilines is 1. The zero-order valence-electron chi connectivity index (χ0n) is 18.5. The zero-order valence-corrected chi connectivity index (χ0v) is 20.7. The van der Waals surface area contributed by atoms with Crippen molar-refractivity contribution < 1.29 is 24.0 Å². The van der Waals surface area contributed by atoms with Crippen LogP contribution in [-0.2, 0) is 14.8 Å². The molecule has 34 heavy (non-hydrogen) atoms. The van der Waals surface area contributed by atoms with E-state index in [1.807, 2.05) is 0 Å². The molecule has 0 spiro atoms. The van der Waals surface area contributed by atoms with E-state index in [1.165, 1.54) is 11.8 Å². The van der Waals surface area contributed by atoms with Gasteiger partial charge >= 0.3 is 0 Å². The van der Waals surface area contributed by atoms with Gasteiger partial charge in [0.15, 0.2) is 5.60 Å². The Balaban J connectivity index is 1.52. The average molecular weight is 576 g/mol. The maximum absolute atomic E-state index is 13.0. The van der Waals surface area contributed by atoms with Crippen molar-refractivity contribution in [3.8, 4) is 17.6 Å². The van der Waals surface area contributed by atoms with Gasteiger partial charge in [-0.2, -0.15) is 0 Å². The van der Waals surface area contributed by atoms with Crippen molar-refractivity contribution in [3.63, 3.8) is 0 Å². The molecule has 4 rings (SSSR count). The van der Waals surface area contributed by atoms with E-state index in [9.17, 15) is 14.7 Å². The highest BCUT2D eigenvalue weighted by Crippen LogP contribution is 2.31. The maximum atomic E-state index is 13.0. The monoisotopic (exact) mass is 576 g/mol. The minimum Gasteiger partial charge on any atom is -0.489 e. The van der Waals surface area contributed by atoms with Crippen molar-refractivity contribution in [1.29, 1.82) is 0 Å². The molecule has 1 aromatic carbocycles. The van der Waals surface area contributed by atoms with Crippen LogP contribution < -0.4 is 15.0 Å². The molecule has 3 heterocycles. The Labute approximate surface area is 208 Å². The van der Waals surface area contributed by atoms with Gasteiger partial charge < -0.3 is 24.6 Å². The number of H-pyrrole nitrogens is 1. The number of nitrogens with one attached hydrogen (secondary N) is 2. The second kappa shape index (κ2) is 9.43. The predicted molar refractivity (Wildman–Crippen MR) is 128 cm³/mol. The normalized spacial score (nSPS) is 17.0. The highest BCUT2D eigenvalue weighted by molar-refractivity contribution is 14.1. The molecule has 2 amide bonds. The van der Waals surface area contributed by atoms with Gasteiger partial charge in [0.05, 0.1) is 10.1 Å². The van der Waals surface area contributed by atoms with Gasteiger partial charge in [0.1, 0.15) is 35.7 Å². The van der Waals surface area contributed by atoms with Crippen molar-refractivity contribution in [1.82, 2.24) is 25.7 Å². The Bertz CT molecular complexity index is 1300. The van der Waals surface area contributed by atoms with Crippen molar-refractivity contribution in [3.05, 3.63) is 52.9 Å². The first-order valence-corrected chi connectivity index (χ1v) is 11.7. The number of likely N-dealkylation sites (N-methyl/N-ethyl adjacent to an activating group) is 1. The molecule has 1 aliphatic rings. The van der Waals surface area contributed by atoms with Crippen molar-refractivity contribution in [2.45, 2.75) is 29.9 Å². The summed E-state index contributed by atoms with van der Waals surface area (Å²) in [5, 5.41) is 23.6. The minimum absolute atomic E-state index is 0.0456. The molecule has 1 aliphatic heterocycles. The van der Waals surface area contributed by atoms with Crippen LogP contribution in [0, 0.1) is 18.8 Å². The van der Waals surface area contributed by atoms with Crippen LogP contribution >= 0.6 is 22.6 Å². The molecular weight excluding hydrogens is 555 g/mol. The van der Waals surface area contributed by atoms with Gasteiger partial charge in [0.2, 0.25) is 5.82 Å². The molecule has 2 atom stereocenters. The summed E-state index contributed by atoms with van der Waals surface area (Å²) in [6, 6.07) is 5.76. The number of benzene rings is 1. The first-order valence-electron chi connectivity index (χ1n) is 10.2. The number of fused-ring (bicyclic) bond motifs is 1. The van der Waals surface area contributed by atoms with E-state index in [-0.39, 0.29) is 18.3 Å². The number of carbonyl (C=O) groups excluding carboxylic acids is 2. The number of carbonyl (C=O) groups is 2. The van der Waals surface area contributed by atoms with E-state index in [0.717, 1.165) is 0 Å². The number of ether oxygens (including phenoxy) is 1. The molecular formula is C22H21IN6O5. The second-order valence-corrected chi connectivity index (χ2v) is 8.56. The van der Waals surface area contributed by atoms with Gasteiger partial charge in [-0.15, -0.1) is 5.10 Å². The fourth-order valence-electron chi connectivity index (χ4n) is 3.21. The van der Waals surface area contributed by atoms with Gasteiger partial charge in [-0.25, -0.2) is 4.98 Å². The molecule has 3 aromatic rings. The Morgan fingerprint density at radius 1 is 1.44 bits per heavy atom. The van der Waals surface area contributed by atoms with Crippen molar-refractivity contribution >= 4 is 40.1 Å². The number of rotatable bonds is 4. The van der Waals surface area contributed by atoms with Crippen LogP contribution in [-0.4, -0.2) is 57.0 Å². The van der Waals surface area contributed by atoms with Crippen LogP contribution in [0.5, 0.6) is 5.75 Å². The average Bonchev–Trinajstić information content (AvgIpc) is 3.47. The summed E-state index contributed by atoms with van der Waals surface area (Å²) in [6.07, 6.45) is 0. The molecule has 12 heteroatoms. The van der Waals surface area contributed by atoms with Crippen molar-refractivity contribution in [2.75, 3.05) is 18.6 Å². The maximum Gasteiger partial charge on any atom is 0.291 e. The van der Waals surface area contributed by atoms with E-state index in [0.29, 0.717) is 38.7 Å². The summed E-state index contributed by atoms with van der Waals surface area (Å²) in [5.41, 5.74) is -0.179. The first kappa shape index (κ1) is 23.7. The molecule has 0 aliphatic carbocycles. The number of aryl methyl sites for hydroxylation is 1. The smallest absolute Gasteiger partial charge is 0.291 e. The summed E-state index contributed by atoms with van der Waals surface area (Å²) in [7, 11) is 1.58. The topological polar surface area (TPSA) is 146 Å². The lowest BCUT2D eigenvalue weighted by Crippen LogP contribution is -2.49. The summed E-state index contributed by atoms with van der Waals surface area (Å²) < 4.78 is 11.4. The number of hydrogen-bond acceptors (Lipinski definition) is 8. The highest BCUT2D eigenvalue weighted by atomic mass is 127. The number of halogens is 1. The number of nitrogens with zero attached hydrogens (tertiary/aromatic N) is 4. The molecule has 0 radical (unpaired) electrons. The van der Waals surface area contributed by atoms with Gasteiger partial charge in [-0.05, 0) is 32.0 Å². The molecule has 0 fully saturated rings. The standard InChI is InChI=1S/C22H21IN6O5/c1-12-8-17(28-34-12)22(2,32)7-6-13-4-5-16-15(9-13)29(3)21(31)14(11-33-16)24-20(30)19-25-18(10-23)26-27-19/h4-5,8-9,14,32H,10-11H2,1-3H3,(H,24,30)(H,25,26,27)/t14-,22+/m0/s1. The summed E-state index contributed by atoms with van der Waals surface area (Å²) in [5.74, 6) is 6.28. The number of alkyl halides is 1. The molecule has 0 saturated heterocycles.